The van der Waals surface area contributed by atoms with E-state index in [1.54, 1.807) is 13.0 Å². The van der Waals surface area contributed by atoms with Crippen LogP contribution in [-0.4, -0.2) is 34.0 Å². The van der Waals surface area contributed by atoms with Crippen LogP contribution in [0.3, 0.4) is 0 Å². The van der Waals surface area contributed by atoms with E-state index in [0.717, 1.165) is 29.7 Å². The first kappa shape index (κ1) is 26.7. The summed E-state index contributed by atoms with van der Waals surface area (Å²) in [6, 6.07) is 5.94. The molecule has 0 atom stereocenters. The predicted octanol–water partition coefficient (Wildman–Crippen LogP) is 5.52. The van der Waals surface area contributed by atoms with Gasteiger partial charge >= 0.3 is 5.97 Å². The number of fused-ring (bicyclic) bond motifs is 2. The van der Waals surface area contributed by atoms with Gasteiger partial charge < -0.3 is 29.2 Å². The van der Waals surface area contributed by atoms with Crippen LogP contribution < -0.4 is 14.9 Å². The maximum Gasteiger partial charge on any atom is 0.339 e. The zero-order valence-corrected chi connectivity index (χ0v) is 21.4. The average Bonchev–Trinajstić information content (AvgIpc) is 2.76. The van der Waals surface area contributed by atoms with Gasteiger partial charge in [0.15, 0.2) is 5.43 Å². The fourth-order valence-corrected chi connectivity index (χ4v) is 4.08. The van der Waals surface area contributed by atoms with Crippen molar-refractivity contribution in [1.29, 1.82) is 0 Å². The van der Waals surface area contributed by atoms with Crippen molar-refractivity contribution in [3.8, 4) is 23.0 Å². The van der Waals surface area contributed by atoms with Crippen LogP contribution in [0.25, 0.3) is 11.0 Å². The molecule has 0 bridgehead atoms. The van der Waals surface area contributed by atoms with E-state index in [2.05, 4.69) is 0 Å². The van der Waals surface area contributed by atoms with Gasteiger partial charge in [0, 0.05) is 23.3 Å². The number of phenolic OH excluding ortho intramolecular Hbond substituents is 2. The molecule has 36 heavy (non-hydrogen) atoms. The first-order valence-electron chi connectivity index (χ1n) is 11.6. The van der Waals surface area contributed by atoms with Crippen LogP contribution in [0.5, 0.6) is 23.0 Å². The van der Waals surface area contributed by atoms with Gasteiger partial charge in [0.05, 0.1) is 7.11 Å². The Morgan fingerprint density at radius 1 is 1.19 bits per heavy atom. The van der Waals surface area contributed by atoms with Gasteiger partial charge in [0.1, 0.15) is 50.9 Å². The van der Waals surface area contributed by atoms with E-state index in [0.29, 0.717) is 23.5 Å². The molecule has 8 nitrogen and oxygen atoms in total. The van der Waals surface area contributed by atoms with Crippen LogP contribution in [0, 0.1) is 6.92 Å². The summed E-state index contributed by atoms with van der Waals surface area (Å²) in [6.45, 7) is 9.53. The van der Waals surface area contributed by atoms with Crippen molar-refractivity contribution in [2.45, 2.75) is 59.5 Å². The lowest BCUT2D eigenvalue weighted by molar-refractivity contribution is 0.0690. The highest BCUT2D eigenvalue weighted by molar-refractivity contribution is 5.92. The van der Waals surface area contributed by atoms with Crippen LogP contribution in [-0.2, 0) is 12.8 Å². The molecule has 0 unspecified atom stereocenters. The highest BCUT2D eigenvalue weighted by Crippen LogP contribution is 2.40. The van der Waals surface area contributed by atoms with E-state index in [4.69, 9.17) is 19.0 Å². The van der Waals surface area contributed by atoms with E-state index >= 15 is 0 Å². The smallest absolute Gasteiger partial charge is 0.339 e. The molecule has 0 spiro atoms. The molecule has 0 amide bonds. The minimum absolute atomic E-state index is 0.0729. The van der Waals surface area contributed by atoms with E-state index in [1.807, 2.05) is 33.8 Å². The number of benzene rings is 2. The van der Waals surface area contributed by atoms with Crippen molar-refractivity contribution in [2.24, 2.45) is 0 Å². The highest BCUT2D eigenvalue weighted by Gasteiger charge is 2.30. The number of ether oxygens (including phenoxy) is 2. The monoisotopic (exact) mass is 496 g/mol. The molecule has 2 heterocycles. The van der Waals surface area contributed by atoms with Gasteiger partial charge in [0.25, 0.3) is 0 Å². The van der Waals surface area contributed by atoms with Gasteiger partial charge in [-0.2, -0.15) is 0 Å². The number of carboxylic acids is 1. The molecule has 8 heteroatoms. The number of carbonyl (C=O) groups is 1. The second-order valence-electron chi connectivity index (χ2n) is 9.59. The van der Waals surface area contributed by atoms with Crippen molar-refractivity contribution in [1.82, 2.24) is 0 Å². The van der Waals surface area contributed by atoms with Crippen LogP contribution in [0.15, 0.2) is 45.1 Å². The number of phenols is 2. The molecule has 0 radical (unpaired) electrons. The first-order valence-corrected chi connectivity index (χ1v) is 11.6. The number of allylic oxidation sites excluding steroid dienone is 2. The summed E-state index contributed by atoms with van der Waals surface area (Å²) in [4.78, 5) is 23.0. The number of hydrogen-bond donors (Lipinski definition) is 3. The maximum atomic E-state index is 11.9. The number of carboxylic acid groups (broad SMARTS) is 1. The SMILES string of the molecule is CC(C)=CCc1c(O)cc2oc(C)cc(=O)c2c1O.COc1c(C(=O)O)ccc2c1CCC(C)(C)O2. The summed E-state index contributed by atoms with van der Waals surface area (Å²) >= 11 is 0. The molecule has 2 aromatic carbocycles. The van der Waals surface area contributed by atoms with Crippen molar-refractivity contribution < 1.29 is 34.0 Å². The lowest BCUT2D eigenvalue weighted by Crippen LogP contribution is -2.32. The lowest BCUT2D eigenvalue weighted by atomic mass is 9.92. The summed E-state index contributed by atoms with van der Waals surface area (Å²) < 4.78 is 16.4. The molecule has 0 fully saturated rings. The van der Waals surface area contributed by atoms with Crippen LogP contribution in [0.2, 0.25) is 0 Å². The number of aromatic carboxylic acids is 1. The van der Waals surface area contributed by atoms with Crippen molar-refractivity contribution in [2.75, 3.05) is 7.11 Å². The summed E-state index contributed by atoms with van der Waals surface area (Å²) in [5.41, 5.74) is 2.12. The third kappa shape index (κ3) is 5.64. The Bertz CT molecular complexity index is 1390. The fraction of sp³-hybridized carbons (Fsp3) is 0.357. The van der Waals surface area contributed by atoms with Crippen molar-refractivity contribution in [3.05, 3.63) is 68.6 Å². The molecule has 3 aromatic rings. The third-order valence-corrected chi connectivity index (χ3v) is 5.93. The van der Waals surface area contributed by atoms with E-state index in [1.165, 1.54) is 25.3 Å². The van der Waals surface area contributed by atoms with E-state index in [-0.39, 0.29) is 39.1 Å². The molecule has 1 aliphatic heterocycles. The summed E-state index contributed by atoms with van der Waals surface area (Å²) in [7, 11) is 1.49. The molecule has 0 saturated carbocycles. The van der Waals surface area contributed by atoms with E-state index < -0.39 is 5.97 Å². The standard InChI is InChI=1S/C15H16O4.C13H16O4/c1-8(2)4-5-10-11(16)7-13-14(15(10)18)12(17)6-9(3)19-13;1-13(2)7-6-8-10(17-13)5-4-9(12(14)15)11(8)16-3/h4,6-7,16,18H,5H2,1-3H3;4-5H,6-7H2,1-3H3,(H,14,15). The zero-order valence-electron chi connectivity index (χ0n) is 21.4. The van der Waals surface area contributed by atoms with Crippen LogP contribution in [0.1, 0.15) is 61.4 Å². The molecule has 1 aliphatic rings. The zero-order chi connectivity index (χ0) is 26.8. The Labute approximate surface area is 209 Å². The molecule has 3 N–H and O–H groups in total. The molecular weight excluding hydrogens is 464 g/mol. The van der Waals surface area contributed by atoms with Crippen molar-refractivity contribution in [3.63, 3.8) is 0 Å². The molecule has 0 saturated heterocycles. The normalized spacial score (nSPS) is 13.6. The molecule has 4 rings (SSSR count). The third-order valence-electron chi connectivity index (χ3n) is 5.93. The Kier molecular flexibility index (Phi) is 7.67. The quantitative estimate of drug-likeness (QED) is 0.403. The van der Waals surface area contributed by atoms with Gasteiger partial charge in [-0.1, -0.05) is 11.6 Å². The maximum absolute atomic E-state index is 11.9. The molecule has 1 aromatic heterocycles. The van der Waals surface area contributed by atoms with Gasteiger partial charge in [0.2, 0.25) is 0 Å². The number of aryl methyl sites for hydroxylation is 1. The predicted molar refractivity (Wildman–Crippen MR) is 137 cm³/mol. The second kappa shape index (κ2) is 10.4. The number of hydrogen-bond acceptors (Lipinski definition) is 7. The first-order chi connectivity index (χ1) is 16.8. The Balaban J connectivity index is 0.000000202. The average molecular weight is 497 g/mol. The molecular formula is C28H32O8. The minimum Gasteiger partial charge on any atom is -0.507 e. The molecule has 192 valence electrons. The fourth-order valence-electron chi connectivity index (χ4n) is 4.08. The van der Waals surface area contributed by atoms with Crippen LogP contribution in [0.4, 0.5) is 0 Å². The van der Waals surface area contributed by atoms with Gasteiger partial charge in [-0.25, -0.2) is 4.79 Å². The topological polar surface area (TPSA) is 126 Å². The minimum atomic E-state index is -0.977. The largest absolute Gasteiger partial charge is 0.507 e. The van der Waals surface area contributed by atoms with Crippen LogP contribution >= 0.6 is 0 Å². The summed E-state index contributed by atoms with van der Waals surface area (Å²) in [6.07, 6.45) is 3.85. The Morgan fingerprint density at radius 2 is 1.89 bits per heavy atom. The van der Waals surface area contributed by atoms with Gasteiger partial charge in [-0.15, -0.1) is 0 Å². The lowest BCUT2D eigenvalue weighted by Gasteiger charge is -2.33. The van der Waals surface area contributed by atoms with Crippen molar-refractivity contribution >= 4 is 16.9 Å². The summed E-state index contributed by atoms with van der Waals surface area (Å²) in [5, 5.41) is 29.3. The number of aromatic hydroxyl groups is 2. The molecule has 0 aliphatic carbocycles. The Morgan fingerprint density at radius 3 is 2.50 bits per heavy atom. The Hall–Kier alpha value is -3.94. The van der Waals surface area contributed by atoms with Gasteiger partial charge in [-0.05, 0) is 66.0 Å². The van der Waals surface area contributed by atoms with E-state index in [9.17, 15) is 19.8 Å². The van der Waals surface area contributed by atoms with Gasteiger partial charge in [-0.3, -0.25) is 4.79 Å². The highest BCUT2D eigenvalue weighted by atomic mass is 16.5. The number of methoxy groups -OCH3 is 1. The summed E-state index contributed by atoms with van der Waals surface area (Å²) in [5.74, 6) is 0.328. The number of rotatable bonds is 4. The second-order valence-corrected chi connectivity index (χ2v) is 9.59.